The van der Waals surface area contributed by atoms with Crippen LogP contribution in [0.15, 0.2) is 30.3 Å². The molecule has 3 heteroatoms. The lowest BCUT2D eigenvalue weighted by Gasteiger charge is -2.15. The zero-order chi connectivity index (χ0) is 8.27. The van der Waals surface area contributed by atoms with Crippen LogP contribution in [0.3, 0.4) is 0 Å². The minimum absolute atomic E-state index is 0.204. The van der Waals surface area contributed by atoms with Gasteiger partial charge in [-0.25, -0.2) is 0 Å². The van der Waals surface area contributed by atoms with Gasteiger partial charge in [0.05, 0.1) is 6.04 Å². The topological polar surface area (TPSA) is 43.7 Å². The summed E-state index contributed by atoms with van der Waals surface area (Å²) in [6, 6.07) is 8.89. The van der Waals surface area contributed by atoms with E-state index in [1.165, 1.54) is 0 Å². The molecule has 1 aromatic carbocycles. The van der Waals surface area contributed by atoms with E-state index in [-0.39, 0.29) is 11.3 Å². The predicted octanol–water partition coefficient (Wildman–Crippen LogP) is 1.83. The number of hydrogen-bond acceptors (Lipinski definition) is 3. The van der Waals surface area contributed by atoms with Crippen molar-refractivity contribution in [3.63, 3.8) is 0 Å². The molecule has 0 heterocycles. The van der Waals surface area contributed by atoms with Crippen LogP contribution in [0.2, 0.25) is 0 Å². The molecule has 0 saturated carbocycles. The Balaban J connectivity index is 2.77. The summed E-state index contributed by atoms with van der Waals surface area (Å²) in [7, 11) is 0. The van der Waals surface area contributed by atoms with Crippen molar-refractivity contribution in [3.05, 3.63) is 35.9 Å². The fraction of sp³-hybridized carbons (Fsp3) is 0.250. The molecule has 0 spiro atoms. The normalized spacial score (nSPS) is 13.5. The van der Waals surface area contributed by atoms with Gasteiger partial charge < -0.3 is 0 Å². The second-order valence-corrected chi connectivity index (χ2v) is 2.41. The van der Waals surface area contributed by atoms with E-state index in [9.17, 15) is 0 Å². The Morgan fingerprint density at radius 3 is 2.18 bits per heavy atom. The van der Waals surface area contributed by atoms with Gasteiger partial charge in [-0.3, -0.25) is 10.4 Å². The smallest absolute Gasteiger partial charge is 0.0844 e. The van der Waals surface area contributed by atoms with Crippen LogP contribution < -0.4 is 0 Å². The monoisotopic (exact) mass is 153 g/mol. The van der Waals surface area contributed by atoms with E-state index in [4.69, 9.17) is 10.4 Å². The van der Waals surface area contributed by atoms with Gasteiger partial charge in [-0.15, -0.1) is 0 Å². The lowest BCUT2D eigenvalue weighted by molar-refractivity contribution is -0.331. The maximum absolute atomic E-state index is 8.66. The highest BCUT2D eigenvalue weighted by atomic mass is 16.8. The first-order chi connectivity index (χ1) is 5.22. The molecule has 0 aliphatic rings. The maximum Gasteiger partial charge on any atom is 0.0844 e. The Labute approximate surface area is 65.4 Å². The molecule has 0 aromatic heterocycles. The maximum atomic E-state index is 8.66. The third-order valence-electron chi connectivity index (χ3n) is 1.63. The van der Waals surface area contributed by atoms with Gasteiger partial charge in [0.15, 0.2) is 0 Å². The molecule has 11 heavy (non-hydrogen) atoms. The highest BCUT2D eigenvalue weighted by Crippen LogP contribution is 2.15. The van der Waals surface area contributed by atoms with Crippen LogP contribution in [-0.4, -0.2) is 15.6 Å². The van der Waals surface area contributed by atoms with Gasteiger partial charge in [0.2, 0.25) is 0 Å². The molecule has 3 nitrogen and oxygen atoms in total. The molecule has 0 aliphatic heterocycles. The first kappa shape index (κ1) is 8.20. The summed E-state index contributed by atoms with van der Waals surface area (Å²) in [5.74, 6) is 0. The van der Waals surface area contributed by atoms with E-state index in [1.54, 1.807) is 6.92 Å². The van der Waals surface area contributed by atoms with Crippen molar-refractivity contribution in [2.24, 2.45) is 0 Å². The Kier molecular flexibility index (Phi) is 2.59. The molecule has 1 unspecified atom stereocenters. The summed E-state index contributed by atoms with van der Waals surface area (Å²) in [4.78, 5) is 0. The minimum Gasteiger partial charge on any atom is -0.289 e. The Morgan fingerprint density at radius 2 is 1.73 bits per heavy atom. The van der Waals surface area contributed by atoms with Crippen molar-refractivity contribution in [1.82, 2.24) is 5.23 Å². The number of rotatable bonds is 2. The van der Waals surface area contributed by atoms with Crippen LogP contribution >= 0.6 is 0 Å². The van der Waals surface area contributed by atoms with E-state index in [2.05, 4.69) is 0 Å². The Morgan fingerprint density at radius 1 is 1.18 bits per heavy atom. The van der Waals surface area contributed by atoms with Crippen LogP contribution in [0.5, 0.6) is 0 Å². The lowest BCUT2D eigenvalue weighted by atomic mass is 10.1. The van der Waals surface area contributed by atoms with Crippen molar-refractivity contribution < 1.29 is 10.4 Å². The van der Waals surface area contributed by atoms with Crippen LogP contribution in [0.25, 0.3) is 0 Å². The Bertz CT molecular complexity index is 211. The van der Waals surface area contributed by atoms with Crippen molar-refractivity contribution in [3.8, 4) is 0 Å². The minimum atomic E-state index is -0.379. The zero-order valence-electron chi connectivity index (χ0n) is 6.31. The molecule has 2 N–H and O–H groups in total. The van der Waals surface area contributed by atoms with Crippen molar-refractivity contribution >= 4 is 0 Å². The summed E-state index contributed by atoms with van der Waals surface area (Å²) in [6.07, 6.45) is 0. The summed E-state index contributed by atoms with van der Waals surface area (Å²) in [5, 5.41) is 17.5. The third kappa shape index (κ3) is 2.01. The molecule has 0 radical (unpaired) electrons. The van der Waals surface area contributed by atoms with Gasteiger partial charge in [0, 0.05) is 0 Å². The second kappa shape index (κ2) is 3.48. The van der Waals surface area contributed by atoms with Crippen molar-refractivity contribution in [1.29, 1.82) is 0 Å². The standard InChI is InChI=1S/C8H11NO2/c1-7(9(10)11)8-5-3-2-4-6-8/h2-7,10-11H,1H3. The largest absolute Gasteiger partial charge is 0.289 e. The molecule has 1 rings (SSSR count). The second-order valence-electron chi connectivity index (χ2n) is 2.41. The van der Waals surface area contributed by atoms with Gasteiger partial charge in [0.25, 0.3) is 0 Å². The molecular formula is C8H11NO2. The van der Waals surface area contributed by atoms with Gasteiger partial charge >= 0.3 is 0 Å². The molecule has 60 valence electrons. The average molecular weight is 153 g/mol. The van der Waals surface area contributed by atoms with E-state index < -0.39 is 0 Å². The third-order valence-corrected chi connectivity index (χ3v) is 1.63. The van der Waals surface area contributed by atoms with Crippen molar-refractivity contribution in [2.45, 2.75) is 13.0 Å². The van der Waals surface area contributed by atoms with E-state index in [0.29, 0.717) is 0 Å². The SMILES string of the molecule is CC(c1ccccc1)N(O)O. The summed E-state index contributed by atoms with van der Waals surface area (Å²) in [6.45, 7) is 1.70. The zero-order valence-corrected chi connectivity index (χ0v) is 6.31. The van der Waals surface area contributed by atoms with E-state index in [0.717, 1.165) is 5.56 Å². The molecule has 1 aromatic rings. The number of hydrogen-bond donors (Lipinski definition) is 2. The fourth-order valence-electron chi connectivity index (χ4n) is 0.865. The Hall–Kier alpha value is -0.900. The van der Waals surface area contributed by atoms with Gasteiger partial charge in [-0.2, -0.15) is 0 Å². The molecule has 0 saturated heterocycles. The summed E-state index contributed by atoms with van der Waals surface area (Å²) in [5.41, 5.74) is 0.873. The van der Waals surface area contributed by atoms with Gasteiger partial charge in [-0.1, -0.05) is 35.6 Å². The molecule has 0 amide bonds. The van der Waals surface area contributed by atoms with Crippen molar-refractivity contribution in [2.75, 3.05) is 0 Å². The predicted molar refractivity (Wildman–Crippen MR) is 40.3 cm³/mol. The number of benzene rings is 1. The first-order valence-corrected chi connectivity index (χ1v) is 3.43. The summed E-state index contributed by atoms with van der Waals surface area (Å²) < 4.78 is 0. The molecule has 1 atom stereocenters. The molecule has 0 aliphatic carbocycles. The highest BCUT2D eigenvalue weighted by molar-refractivity contribution is 5.17. The summed E-state index contributed by atoms with van der Waals surface area (Å²) >= 11 is 0. The van der Waals surface area contributed by atoms with Crippen LogP contribution in [0.4, 0.5) is 0 Å². The fourth-order valence-corrected chi connectivity index (χ4v) is 0.865. The quantitative estimate of drug-likeness (QED) is 0.637. The molecular weight excluding hydrogens is 142 g/mol. The van der Waals surface area contributed by atoms with E-state index >= 15 is 0 Å². The average Bonchev–Trinajstić information content (AvgIpc) is 2.05. The highest BCUT2D eigenvalue weighted by Gasteiger charge is 2.09. The van der Waals surface area contributed by atoms with E-state index in [1.807, 2.05) is 30.3 Å². The van der Waals surface area contributed by atoms with Crippen LogP contribution in [-0.2, 0) is 0 Å². The molecule has 0 fully saturated rings. The van der Waals surface area contributed by atoms with Crippen LogP contribution in [0.1, 0.15) is 18.5 Å². The van der Waals surface area contributed by atoms with Gasteiger partial charge in [-0.05, 0) is 12.5 Å². The first-order valence-electron chi connectivity index (χ1n) is 3.43. The lowest BCUT2D eigenvalue weighted by Crippen LogP contribution is -2.18. The number of hydroxylamine groups is 2. The van der Waals surface area contributed by atoms with Crippen LogP contribution in [0, 0.1) is 0 Å². The van der Waals surface area contributed by atoms with Gasteiger partial charge in [0.1, 0.15) is 0 Å². The molecule has 0 bridgehead atoms. The number of nitrogens with zero attached hydrogens (tertiary/aromatic N) is 1.